The Morgan fingerprint density at radius 1 is 0.880 bits per heavy atom. The van der Waals surface area contributed by atoms with Crippen molar-refractivity contribution < 1.29 is 38.1 Å². The summed E-state index contributed by atoms with van der Waals surface area (Å²) in [6.07, 6.45) is 3.10. The van der Waals surface area contributed by atoms with Crippen molar-refractivity contribution in [2.75, 3.05) is 6.61 Å². The molecule has 5 rings (SSSR count). The lowest BCUT2D eigenvalue weighted by atomic mass is 9.78. The summed E-state index contributed by atoms with van der Waals surface area (Å²) in [7, 11) is 0. The minimum Gasteiger partial charge on any atom is -0.447 e. The van der Waals surface area contributed by atoms with Crippen LogP contribution in [0.25, 0.3) is 11.1 Å². The highest BCUT2D eigenvalue weighted by molar-refractivity contribution is 9.10. The zero-order valence-corrected chi connectivity index (χ0v) is 29.9. The van der Waals surface area contributed by atoms with E-state index < -0.39 is 41.3 Å². The van der Waals surface area contributed by atoms with E-state index in [1.807, 2.05) is 79.7 Å². The summed E-state index contributed by atoms with van der Waals surface area (Å²) in [5.41, 5.74) is 8.32. The normalized spacial score (nSPS) is 16.9. The number of allylic oxidation sites excluding steroid dienone is 3. The number of carbonyl (C=O) groups is 4. The number of carbonyl (C=O) groups excluding carboxylic acids is 4. The van der Waals surface area contributed by atoms with E-state index >= 15 is 0 Å². The molecule has 0 spiro atoms. The third kappa shape index (κ3) is 9.53. The third-order valence-corrected chi connectivity index (χ3v) is 9.01. The van der Waals surface area contributed by atoms with Crippen molar-refractivity contribution >= 4 is 40.2 Å². The number of rotatable bonds is 9. The van der Waals surface area contributed by atoms with Crippen molar-refractivity contribution in [3.63, 3.8) is 0 Å². The van der Waals surface area contributed by atoms with Gasteiger partial charge in [0.2, 0.25) is 0 Å². The average molecular weight is 747 g/mol. The first kappa shape index (κ1) is 36.2. The number of hydrogen-bond acceptors (Lipinski definition) is 8. The molecule has 0 fully saturated rings. The van der Waals surface area contributed by atoms with Crippen LogP contribution in [0.1, 0.15) is 63.1 Å². The summed E-state index contributed by atoms with van der Waals surface area (Å²) >= 11 is 3.42. The fourth-order valence-corrected chi connectivity index (χ4v) is 6.22. The molecule has 3 amide bonds. The quantitative estimate of drug-likeness (QED) is 0.114. The molecular formula is C38H40BrN3O8. The van der Waals surface area contributed by atoms with Gasteiger partial charge in [-0.3, -0.25) is 10.2 Å². The monoisotopic (exact) mass is 745 g/mol. The number of ether oxygens (including phenoxy) is 4. The first-order valence-electron chi connectivity index (χ1n) is 16.2. The molecule has 262 valence electrons. The van der Waals surface area contributed by atoms with Gasteiger partial charge >= 0.3 is 18.3 Å². The van der Waals surface area contributed by atoms with Crippen molar-refractivity contribution in [3.05, 3.63) is 118 Å². The molecule has 2 atom stereocenters. The fourth-order valence-electron chi connectivity index (χ4n) is 5.82. The second-order valence-corrected chi connectivity index (χ2v) is 14.2. The maximum Gasteiger partial charge on any atom is 0.514 e. The van der Waals surface area contributed by atoms with Crippen LogP contribution in [0.5, 0.6) is 0 Å². The second kappa shape index (κ2) is 15.6. The van der Waals surface area contributed by atoms with Crippen LogP contribution in [0, 0.1) is 5.41 Å². The summed E-state index contributed by atoms with van der Waals surface area (Å²) in [5.74, 6) is -0.545. The van der Waals surface area contributed by atoms with Gasteiger partial charge in [-0.2, -0.15) is 0 Å². The Balaban J connectivity index is 1.16. The van der Waals surface area contributed by atoms with Gasteiger partial charge in [-0.15, -0.1) is 0 Å². The van der Waals surface area contributed by atoms with Crippen LogP contribution in [0.15, 0.2) is 101 Å². The van der Waals surface area contributed by atoms with E-state index in [2.05, 4.69) is 32.1 Å². The predicted octanol–water partition coefficient (Wildman–Crippen LogP) is 7.81. The summed E-state index contributed by atoms with van der Waals surface area (Å²) in [4.78, 5) is 51.2. The number of fused-ring (bicyclic) bond motifs is 3. The standard InChI is InChI=1S/C38H40BrN3O8/c1-37(2,3)50-34(44)40-32(21-38(4)19-17-25(18-20-38)49-36(46)48-22-24-11-5-10-16-31(24)39)33(43)41-42-35(45)47-23-30-28-14-8-6-12-26(28)27-13-7-9-15-29(27)30/h5-19,30,32H,20-23H2,1-4H3,(H,40,44)(H,41,43)(H,42,45)/t32-,38?/m0/s1. The first-order chi connectivity index (χ1) is 23.8. The van der Waals surface area contributed by atoms with Crippen molar-refractivity contribution in [1.29, 1.82) is 0 Å². The summed E-state index contributed by atoms with van der Waals surface area (Å²) in [6, 6.07) is 22.2. The molecule has 0 heterocycles. The SMILES string of the molecule is CC1(C[C@H](NC(=O)OC(C)(C)C)C(=O)NNC(=O)OCC2c3ccccc3-c3ccccc32)C=CC(OC(=O)OCc2ccccc2Br)=CC1. The van der Waals surface area contributed by atoms with Gasteiger partial charge in [0.1, 0.15) is 30.6 Å². The molecule has 3 N–H and O–H groups in total. The Kier molecular flexibility index (Phi) is 11.3. The highest BCUT2D eigenvalue weighted by Crippen LogP contribution is 2.44. The average Bonchev–Trinajstić information content (AvgIpc) is 3.39. The van der Waals surface area contributed by atoms with E-state index in [1.54, 1.807) is 39.0 Å². The zero-order valence-electron chi connectivity index (χ0n) is 28.3. The Morgan fingerprint density at radius 3 is 2.14 bits per heavy atom. The number of nitrogens with one attached hydrogen (secondary N) is 3. The summed E-state index contributed by atoms with van der Waals surface area (Å²) in [6.45, 7) is 7.11. The highest BCUT2D eigenvalue weighted by atomic mass is 79.9. The lowest BCUT2D eigenvalue weighted by Crippen LogP contribution is -2.54. The van der Waals surface area contributed by atoms with Crippen LogP contribution in [0.2, 0.25) is 0 Å². The molecule has 12 heteroatoms. The van der Waals surface area contributed by atoms with Gasteiger partial charge in [0.15, 0.2) is 0 Å². The van der Waals surface area contributed by atoms with Crippen LogP contribution in [-0.2, 0) is 30.3 Å². The molecule has 3 aromatic carbocycles. The molecule has 1 unspecified atom stereocenters. The van der Waals surface area contributed by atoms with E-state index in [1.165, 1.54) is 0 Å². The molecule has 0 saturated carbocycles. The highest BCUT2D eigenvalue weighted by Gasteiger charge is 2.34. The number of halogens is 1. The van der Waals surface area contributed by atoms with Gasteiger partial charge in [-0.05, 0) is 79.5 Å². The first-order valence-corrected chi connectivity index (χ1v) is 17.0. The van der Waals surface area contributed by atoms with Crippen LogP contribution in [0.4, 0.5) is 14.4 Å². The maximum absolute atomic E-state index is 13.4. The van der Waals surface area contributed by atoms with Crippen LogP contribution < -0.4 is 16.2 Å². The molecule has 0 bridgehead atoms. The Hall–Kier alpha value is -5.10. The van der Waals surface area contributed by atoms with Crippen LogP contribution in [0.3, 0.4) is 0 Å². The number of hydrogen-bond donors (Lipinski definition) is 3. The Morgan fingerprint density at radius 2 is 1.52 bits per heavy atom. The van der Waals surface area contributed by atoms with Crippen molar-refractivity contribution in [1.82, 2.24) is 16.2 Å². The van der Waals surface area contributed by atoms with Gasteiger partial charge < -0.3 is 24.3 Å². The summed E-state index contributed by atoms with van der Waals surface area (Å²) in [5, 5.41) is 2.62. The number of amides is 3. The Labute approximate surface area is 299 Å². The van der Waals surface area contributed by atoms with Gasteiger partial charge in [-0.25, -0.2) is 19.8 Å². The zero-order chi connectivity index (χ0) is 35.9. The number of alkyl carbamates (subject to hydrolysis) is 1. The minimum atomic E-state index is -1.11. The Bertz CT molecular complexity index is 1770. The molecule has 0 aliphatic heterocycles. The van der Waals surface area contributed by atoms with E-state index in [0.717, 1.165) is 32.3 Å². The number of hydrazine groups is 1. The van der Waals surface area contributed by atoms with Gasteiger partial charge in [0.05, 0.1) is 0 Å². The second-order valence-electron chi connectivity index (χ2n) is 13.4. The van der Waals surface area contributed by atoms with Gasteiger partial charge in [0, 0.05) is 16.0 Å². The van der Waals surface area contributed by atoms with Gasteiger partial charge in [-0.1, -0.05) is 95.7 Å². The number of benzene rings is 3. The molecular weight excluding hydrogens is 706 g/mol. The molecule has 2 aliphatic carbocycles. The predicted molar refractivity (Wildman–Crippen MR) is 189 cm³/mol. The molecule has 50 heavy (non-hydrogen) atoms. The van der Waals surface area contributed by atoms with E-state index in [0.29, 0.717) is 6.42 Å². The molecule has 3 aromatic rings. The van der Waals surface area contributed by atoms with Crippen LogP contribution in [-0.4, -0.2) is 42.5 Å². The van der Waals surface area contributed by atoms with Crippen LogP contribution >= 0.6 is 15.9 Å². The molecule has 0 radical (unpaired) electrons. The third-order valence-electron chi connectivity index (χ3n) is 8.23. The maximum atomic E-state index is 13.4. The van der Waals surface area contributed by atoms with Gasteiger partial charge in [0.25, 0.3) is 5.91 Å². The summed E-state index contributed by atoms with van der Waals surface area (Å²) < 4.78 is 22.3. The van der Waals surface area contributed by atoms with Crippen molar-refractivity contribution in [3.8, 4) is 11.1 Å². The largest absolute Gasteiger partial charge is 0.514 e. The minimum absolute atomic E-state index is 0.0339. The molecule has 2 aliphatic rings. The fraction of sp³-hybridized carbons (Fsp3) is 0.316. The lowest BCUT2D eigenvalue weighted by molar-refractivity contribution is -0.124. The van der Waals surface area contributed by atoms with E-state index in [9.17, 15) is 19.2 Å². The lowest BCUT2D eigenvalue weighted by Gasteiger charge is -2.32. The smallest absolute Gasteiger partial charge is 0.447 e. The van der Waals surface area contributed by atoms with E-state index in [4.69, 9.17) is 18.9 Å². The molecule has 0 aromatic heterocycles. The molecule has 11 nitrogen and oxygen atoms in total. The van der Waals surface area contributed by atoms with Crippen molar-refractivity contribution in [2.45, 2.75) is 64.7 Å². The molecule has 0 saturated heterocycles. The topological polar surface area (TPSA) is 141 Å². The van der Waals surface area contributed by atoms with Crippen molar-refractivity contribution in [2.24, 2.45) is 5.41 Å². The van der Waals surface area contributed by atoms with E-state index in [-0.39, 0.29) is 31.3 Å².